The maximum atomic E-state index is 13.1. The molecule has 0 heterocycles. The van der Waals surface area contributed by atoms with Crippen molar-refractivity contribution in [2.75, 3.05) is 46.2 Å². The van der Waals surface area contributed by atoms with Crippen molar-refractivity contribution in [3.63, 3.8) is 0 Å². The van der Waals surface area contributed by atoms with Crippen LogP contribution in [0.2, 0.25) is 0 Å². The van der Waals surface area contributed by atoms with Gasteiger partial charge in [-0.15, -0.1) is 0 Å². The molecule has 5 atom stereocenters. The normalized spacial score (nSPS) is 14.5. The van der Waals surface area contributed by atoms with Crippen LogP contribution in [-0.2, 0) is 65.4 Å². The first kappa shape index (κ1) is 97.9. The molecule has 0 aromatic heterocycles. The summed E-state index contributed by atoms with van der Waals surface area (Å²) in [6.45, 7) is 3.50. The molecule has 0 aliphatic rings. The number of aliphatic hydroxyl groups is 1. The number of phosphoric ester groups is 2. The lowest BCUT2D eigenvalue weighted by molar-refractivity contribution is -0.161. The van der Waals surface area contributed by atoms with Crippen molar-refractivity contribution in [2.45, 2.75) is 347 Å². The van der Waals surface area contributed by atoms with Gasteiger partial charge in [-0.1, -0.05) is 252 Å². The molecule has 0 spiro atoms. The Morgan fingerprint density at radius 3 is 0.951 bits per heavy atom. The first-order valence-corrected chi connectivity index (χ1v) is 43.1. The van der Waals surface area contributed by atoms with Gasteiger partial charge in [0.2, 0.25) is 0 Å². The third-order valence-electron chi connectivity index (χ3n) is 16.7. The maximum Gasteiger partial charge on any atom is 0.472 e. The number of carbonyl (C=O) groups excluding carboxylic acids is 4. The molecule has 0 amide bonds. The summed E-state index contributed by atoms with van der Waals surface area (Å²) in [6.07, 6.45) is 82.6. The molecule has 0 aliphatic heterocycles. The summed E-state index contributed by atoms with van der Waals surface area (Å²) in [4.78, 5) is 70.6. The van der Waals surface area contributed by atoms with Crippen LogP contribution in [0.4, 0.5) is 0 Å². The molecule has 2 unspecified atom stereocenters. The number of esters is 3. The van der Waals surface area contributed by atoms with Gasteiger partial charge in [0.25, 0.3) is 0 Å². The first-order valence-electron chi connectivity index (χ1n) is 40.1. The van der Waals surface area contributed by atoms with Crippen LogP contribution < -0.4 is 0 Å². The molecule has 17 nitrogen and oxygen atoms in total. The molecule has 0 aromatic rings. The summed E-state index contributed by atoms with van der Waals surface area (Å²) in [6, 6.07) is 0. The van der Waals surface area contributed by atoms with Gasteiger partial charge in [-0.2, -0.15) is 0 Å². The van der Waals surface area contributed by atoms with Gasteiger partial charge in [-0.3, -0.25) is 32.5 Å². The molecule has 588 valence electrons. The van der Waals surface area contributed by atoms with E-state index in [0.29, 0.717) is 38.7 Å². The van der Waals surface area contributed by atoms with E-state index in [2.05, 4.69) is 118 Å². The van der Waals surface area contributed by atoms with Crippen molar-refractivity contribution >= 4 is 39.8 Å². The van der Waals surface area contributed by atoms with Gasteiger partial charge in [-0.05, 0) is 161 Å². The number of rotatable bonds is 77. The topological polar surface area (TPSA) is 237 Å². The van der Waals surface area contributed by atoms with Crippen LogP contribution in [0.25, 0.3) is 0 Å². The summed E-state index contributed by atoms with van der Waals surface area (Å²) in [7, 11) is -9.86. The largest absolute Gasteiger partial charge is 0.472 e. The van der Waals surface area contributed by atoms with Gasteiger partial charge in [0.05, 0.1) is 33.0 Å². The van der Waals surface area contributed by atoms with Crippen LogP contribution in [0.15, 0.2) is 109 Å². The summed E-state index contributed by atoms with van der Waals surface area (Å²) < 4.78 is 69.2. The number of phosphoric acid groups is 2. The van der Waals surface area contributed by atoms with Crippen LogP contribution in [0, 0.1) is 0 Å². The molecule has 0 fully saturated rings. The third kappa shape index (κ3) is 75.6. The molecule has 3 N–H and O–H groups in total. The minimum Gasteiger partial charge on any atom is -0.462 e. The molecule has 0 rings (SSSR count). The SMILES string of the molecule is CCCCC/C=C\C/C=C\C/C=C\C/C=C\CCCC(=O)OC[C@H](COP(=O)(O)OC[C@@H](O)COP(=O)(O)OC[C@@H](COCCCCCCCCC/C=C\CCCCCCC=O)OC(=O)CCCCCCC/C=C\C/C=C\CCCCC)OC(=O)CCCCCCC/C=C\C/C=C\CCCCC. The zero-order chi connectivity index (χ0) is 74.4. The fraction of sp³-hybridized carbons (Fsp3) is 0.735. The molecule has 0 aromatic carbocycles. The monoisotopic (exact) mass is 1470 g/mol. The van der Waals surface area contributed by atoms with E-state index in [-0.39, 0.29) is 25.9 Å². The minimum absolute atomic E-state index is 0.0762. The maximum absolute atomic E-state index is 13.1. The van der Waals surface area contributed by atoms with E-state index in [1.165, 1.54) is 83.5 Å². The minimum atomic E-state index is -4.97. The second-order valence-electron chi connectivity index (χ2n) is 26.6. The molecule has 0 saturated carbocycles. The fourth-order valence-electron chi connectivity index (χ4n) is 10.5. The molecule has 0 bridgehead atoms. The predicted molar refractivity (Wildman–Crippen MR) is 418 cm³/mol. The number of aliphatic hydroxyl groups excluding tert-OH is 1. The highest BCUT2D eigenvalue weighted by Crippen LogP contribution is 2.45. The van der Waals surface area contributed by atoms with Crippen LogP contribution in [0.5, 0.6) is 0 Å². The van der Waals surface area contributed by atoms with Crippen molar-refractivity contribution in [1.29, 1.82) is 0 Å². The first-order chi connectivity index (χ1) is 49.8. The lowest BCUT2D eigenvalue weighted by Crippen LogP contribution is -2.30. The highest BCUT2D eigenvalue weighted by atomic mass is 31.2. The highest BCUT2D eigenvalue weighted by Gasteiger charge is 2.30. The quantitative estimate of drug-likeness (QED) is 0.0128. The van der Waals surface area contributed by atoms with Gasteiger partial charge < -0.3 is 38.6 Å². The molecule has 0 radical (unpaired) electrons. The van der Waals surface area contributed by atoms with Crippen molar-refractivity contribution in [2.24, 2.45) is 0 Å². The Kier molecular flexibility index (Phi) is 73.4. The van der Waals surface area contributed by atoms with Crippen LogP contribution in [0.1, 0.15) is 329 Å². The Morgan fingerprint density at radius 1 is 0.314 bits per heavy atom. The van der Waals surface area contributed by atoms with E-state index in [1.54, 1.807) is 0 Å². The van der Waals surface area contributed by atoms with Crippen molar-refractivity contribution < 1.29 is 80.2 Å². The molecule has 0 saturated heterocycles. The molecule has 0 aliphatic carbocycles. The van der Waals surface area contributed by atoms with Crippen molar-refractivity contribution in [3.8, 4) is 0 Å². The number of hydrogen-bond donors (Lipinski definition) is 3. The Hall–Kier alpha value is -4.12. The van der Waals surface area contributed by atoms with Gasteiger partial charge in [0.1, 0.15) is 25.1 Å². The molecule has 102 heavy (non-hydrogen) atoms. The van der Waals surface area contributed by atoms with E-state index in [9.17, 15) is 43.2 Å². The van der Waals surface area contributed by atoms with Gasteiger partial charge in [0, 0.05) is 32.3 Å². The Bertz CT molecular complexity index is 2330. The zero-order valence-electron chi connectivity index (χ0n) is 64.0. The second-order valence-corrected chi connectivity index (χ2v) is 29.5. The summed E-state index contributed by atoms with van der Waals surface area (Å²) in [5.41, 5.74) is 0. The highest BCUT2D eigenvalue weighted by molar-refractivity contribution is 7.47. The predicted octanol–water partition coefficient (Wildman–Crippen LogP) is 23.0. The van der Waals surface area contributed by atoms with Crippen LogP contribution in [-0.4, -0.2) is 104 Å². The van der Waals surface area contributed by atoms with Crippen molar-refractivity contribution in [1.82, 2.24) is 0 Å². The number of ether oxygens (including phenoxy) is 4. The van der Waals surface area contributed by atoms with Crippen molar-refractivity contribution in [3.05, 3.63) is 109 Å². The smallest absolute Gasteiger partial charge is 0.462 e. The molecule has 19 heteroatoms. The number of unbranched alkanes of at least 4 members (excludes halogenated alkanes) is 32. The summed E-state index contributed by atoms with van der Waals surface area (Å²) >= 11 is 0. The van der Waals surface area contributed by atoms with E-state index in [1.807, 2.05) is 12.2 Å². The third-order valence-corrected chi connectivity index (χ3v) is 18.6. The fourth-order valence-corrected chi connectivity index (χ4v) is 12.1. The van der Waals surface area contributed by atoms with Gasteiger partial charge in [0.15, 0.2) is 6.10 Å². The zero-order valence-corrected chi connectivity index (χ0v) is 65.8. The van der Waals surface area contributed by atoms with E-state index in [4.69, 9.17) is 37.0 Å². The Morgan fingerprint density at radius 2 is 0.588 bits per heavy atom. The number of hydrogen-bond acceptors (Lipinski definition) is 15. The van der Waals surface area contributed by atoms with Crippen LogP contribution >= 0.6 is 15.6 Å². The van der Waals surface area contributed by atoms with E-state index in [0.717, 1.165) is 180 Å². The molecular formula is C83H144O17P2. The Balaban J connectivity index is 5.36. The van der Waals surface area contributed by atoms with Gasteiger partial charge in [-0.25, -0.2) is 9.13 Å². The van der Waals surface area contributed by atoms with E-state index < -0.39 is 84.9 Å². The van der Waals surface area contributed by atoms with E-state index >= 15 is 0 Å². The lowest BCUT2D eigenvalue weighted by Gasteiger charge is -2.21. The lowest BCUT2D eigenvalue weighted by atomic mass is 10.1. The number of allylic oxidation sites excluding steroid dienone is 18. The summed E-state index contributed by atoms with van der Waals surface area (Å²) in [5.74, 6) is -1.63. The van der Waals surface area contributed by atoms with Gasteiger partial charge >= 0.3 is 33.6 Å². The second kappa shape index (κ2) is 76.5. The molecular weight excluding hydrogens is 1330 g/mol. The average Bonchev–Trinajstić information content (AvgIpc) is 0.920. The Labute approximate surface area is 619 Å². The standard InChI is InChI=1S/C83H144O17P2/c1-4-7-10-13-16-19-22-25-28-29-34-37-42-47-52-57-62-67-81(86)94-75-80(100-83(88)69-64-59-54-49-44-39-33-27-24-21-18-15-12-9-6-3)77-98-102(91,92)96-73-78(85)72-95-101(89,90)97-76-79(99-82(87)68-63-58-53-48-43-38-32-26-23-20-17-14-11-8-5-2)74-93-71-66-61-56-51-46-41-36-31-30-35-40-45-50-55-60-65-70-84/h16-21,25-28,30,32-35,37,47,52,70,78-80,85H,4-15,22-24,29,31,36,38-46,48-51,53-69,71-77H2,1-3H3,(H,89,90)(H,91,92)/b19-16-,20-17-,21-18-,28-25-,32-26-,33-27-,35-30-,37-34-,52-47-/t78-,79+,80+/m0/s1. The average molecular weight is 1480 g/mol. The number of aldehydes is 1. The number of carbonyl (C=O) groups is 4. The summed E-state index contributed by atoms with van der Waals surface area (Å²) in [5, 5.41) is 10.6. The van der Waals surface area contributed by atoms with Crippen LogP contribution in [0.3, 0.4) is 0 Å².